The Kier molecular flexibility index (Phi) is 6.49. The Morgan fingerprint density at radius 3 is 2.74 bits per heavy atom. The number of nitrogens with two attached hydrogens (primary N) is 1. The van der Waals surface area contributed by atoms with Gasteiger partial charge in [0.05, 0.1) is 6.42 Å². The summed E-state index contributed by atoms with van der Waals surface area (Å²) in [5.41, 5.74) is 7.91. The quantitative estimate of drug-likeness (QED) is 0.520. The summed E-state index contributed by atoms with van der Waals surface area (Å²) in [6, 6.07) is -0.496. The highest BCUT2D eigenvalue weighted by Crippen LogP contribution is 2.15. The molecule has 0 aromatic rings. The zero-order valence-electron chi connectivity index (χ0n) is 11.5. The molecule has 108 valence electrons. The van der Waals surface area contributed by atoms with Crippen molar-refractivity contribution in [3.63, 3.8) is 0 Å². The normalized spacial score (nSPS) is 19.5. The van der Waals surface area contributed by atoms with Crippen LogP contribution in [0.1, 0.15) is 51.9 Å². The van der Waals surface area contributed by atoms with Crippen LogP contribution in [0, 0.1) is 0 Å². The van der Waals surface area contributed by atoms with E-state index in [1.807, 2.05) is 6.92 Å². The van der Waals surface area contributed by atoms with Crippen molar-refractivity contribution >= 4 is 17.6 Å². The van der Waals surface area contributed by atoms with Crippen molar-refractivity contribution in [1.82, 2.24) is 10.4 Å². The van der Waals surface area contributed by atoms with E-state index in [0.717, 1.165) is 25.7 Å². The molecule has 0 bridgehead atoms. The van der Waals surface area contributed by atoms with Gasteiger partial charge in [-0.1, -0.05) is 19.8 Å². The zero-order valence-corrected chi connectivity index (χ0v) is 11.5. The molecule has 1 fully saturated rings. The van der Waals surface area contributed by atoms with E-state index in [1.54, 1.807) is 0 Å². The minimum absolute atomic E-state index is 0.123. The van der Waals surface area contributed by atoms with E-state index >= 15 is 0 Å². The van der Waals surface area contributed by atoms with E-state index in [9.17, 15) is 14.4 Å². The highest BCUT2D eigenvalue weighted by atomic mass is 16.2. The first-order chi connectivity index (χ1) is 9.10. The summed E-state index contributed by atoms with van der Waals surface area (Å²) in [5, 5.41) is 1.24. The van der Waals surface area contributed by atoms with E-state index in [4.69, 9.17) is 5.73 Å². The van der Waals surface area contributed by atoms with Crippen LogP contribution in [-0.2, 0) is 14.4 Å². The predicted molar refractivity (Wildman–Crippen MR) is 70.8 cm³/mol. The summed E-state index contributed by atoms with van der Waals surface area (Å²) in [7, 11) is 0. The summed E-state index contributed by atoms with van der Waals surface area (Å²) in [5.74, 6) is -0.745. The number of ketones is 1. The molecule has 1 aliphatic rings. The van der Waals surface area contributed by atoms with Crippen molar-refractivity contribution in [2.45, 2.75) is 57.9 Å². The van der Waals surface area contributed by atoms with Crippen LogP contribution in [0.25, 0.3) is 0 Å². The molecule has 1 aliphatic heterocycles. The molecule has 0 aromatic heterocycles. The number of hydrogen-bond donors (Lipinski definition) is 2. The maximum Gasteiger partial charge on any atom is 0.246 e. The maximum atomic E-state index is 12.1. The predicted octanol–water partition coefficient (Wildman–Crippen LogP) is 0.507. The van der Waals surface area contributed by atoms with Gasteiger partial charge in [0.15, 0.2) is 5.78 Å². The third-order valence-corrected chi connectivity index (χ3v) is 3.19. The third-order valence-electron chi connectivity index (χ3n) is 3.19. The average molecular weight is 269 g/mol. The molecule has 6 heteroatoms. The van der Waals surface area contributed by atoms with Gasteiger partial charge in [0.2, 0.25) is 11.8 Å². The second-order valence-electron chi connectivity index (χ2n) is 4.85. The van der Waals surface area contributed by atoms with Gasteiger partial charge < -0.3 is 5.73 Å². The number of Topliss-reactive ketones (excluding diaryl/α,β-unsaturated/α-hetero) is 1. The fourth-order valence-corrected chi connectivity index (χ4v) is 2.19. The van der Waals surface area contributed by atoms with Crippen molar-refractivity contribution in [2.75, 3.05) is 6.54 Å². The second kappa shape index (κ2) is 7.89. The van der Waals surface area contributed by atoms with Gasteiger partial charge in [-0.15, -0.1) is 0 Å². The zero-order chi connectivity index (χ0) is 14.3. The molecule has 0 spiro atoms. The van der Waals surface area contributed by atoms with E-state index in [2.05, 4.69) is 5.43 Å². The number of carbonyl (C=O) groups excluding carboxylic acids is 3. The van der Waals surface area contributed by atoms with E-state index in [-0.39, 0.29) is 18.1 Å². The summed E-state index contributed by atoms with van der Waals surface area (Å²) >= 11 is 0. The second-order valence-corrected chi connectivity index (χ2v) is 4.85. The lowest BCUT2D eigenvalue weighted by atomic mass is 10.0. The van der Waals surface area contributed by atoms with Crippen LogP contribution in [0.3, 0.4) is 0 Å². The lowest BCUT2D eigenvalue weighted by Gasteiger charge is -2.34. The van der Waals surface area contributed by atoms with Crippen LogP contribution in [0.4, 0.5) is 0 Å². The SMILES string of the molecule is CCC[C@H]1C(=O)CC(=O)NN1C(=O)CCCCCN. The fourth-order valence-electron chi connectivity index (χ4n) is 2.19. The molecule has 0 radical (unpaired) electrons. The molecule has 0 unspecified atom stereocenters. The number of nitrogens with one attached hydrogen (secondary N) is 1. The molecule has 0 aromatic carbocycles. The first-order valence-electron chi connectivity index (χ1n) is 6.94. The Morgan fingerprint density at radius 2 is 2.11 bits per heavy atom. The molecule has 1 saturated heterocycles. The van der Waals surface area contributed by atoms with Gasteiger partial charge in [-0.05, 0) is 25.8 Å². The molecule has 0 aliphatic carbocycles. The van der Waals surface area contributed by atoms with Crippen molar-refractivity contribution in [3.8, 4) is 0 Å². The lowest BCUT2D eigenvalue weighted by Crippen LogP contribution is -2.59. The van der Waals surface area contributed by atoms with Crippen LogP contribution < -0.4 is 11.2 Å². The van der Waals surface area contributed by atoms with Gasteiger partial charge >= 0.3 is 0 Å². The van der Waals surface area contributed by atoms with Crippen LogP contribution >= 0.6 is 0 Å². The van der Waals surface area contributed by atoms with Crippen molar-refractivity contribution in [2.24, 2.45) is 5.73 Å². The minimum Gasteiger partial charge on any atom is -0.330 e. The van der Waals surface area contributed by atoms with Gasteiger partial charge in [-0.25, -0.2) is 5.01 Å². The summed E-state index contributed by atoms with van der Waals surface area (Å²) < 4.78 is 0. The minimum atomic E-state index is -0.496. The molecular formula is C13H23N3O3. The van der Waals surface area contributed by atoms with Crippen LogP contribution in [-0.4, -0.2) is 35.2 Å². The smallest absolute Gasteiger partial charge is 0.246 e. The highest BCUT2D eigenvalue weighted by Gasteiger charge is 2.35. The van der Waals surface area contributed by atoms with Crippen LogP contribution in [0.5, 0.6) is 0 Å². The molecule has 3 N–H and O–H groups in total. The maximum absolute atomic E-state index is 12.1. The Morgan fingerprint density at radius 1 is 1.37 bits per heavy atom. The number of rotatable bonds is 7. The van der Waals surface area contributed by atoms with Gasteiger partial charge in [0, 0.05) is 6.42 Å². The molecule has 1 heterocycles. The Hall–Kier alpha value is -1.43. The largest absolute Gasteiger partial charge is 0.330 e. The molecule has 1 rings (SSSR count). The summed E-state index contributed by atoms with van der Waals surface area (Å²) in [6.45, 7) is 2.57. The highest BCUT2D eigenvalue weighted by molar-refractivity contribution is 6.05. The molecule has 6 nitrogen and oxygen atoms in total. The number of hydrazine groups is 1. The van der Waals surface area contributed by atoms with Crippen LogP contribution in [0.15, 0.2) is 0 Å². The van der Waals surface area contributed by atoms with Crippen molar-refractivity contribution < 1.29 is 14.4 Å². The van der Waals surface area contributed by atoms with Gasteiger partial charge in [-0.2, -0.15) is 0 Å². The average Bonchev–Trinajstić information content (AvgIpc) is 2.37. The Balaban J connectivity index is 2.56. The molecule has 0 saturated carbocycles. The first-order valence-corrected chi connectivity index (χ1v) is 6.94. The number of carbonyl (C=O) groups is 3. The summed E-state index contributed by atoms with van der Waals surface area (Å²) in [6.07, 6.45) is 4.11. The third kappa shape index (κ3) is 4.63. The first kappa shape index (κ1) is 15.6. The lowest BCUT2D eigenvalue weighted by molar-refractivity contribution is -0.155. The number of nitrogens with zero attached hydrogens (tertiary/aromatic N) is 1. The van der Waals surface area contributed by atoms with Gasteiger partial charge in [0.25, 0.3) is 0 Å². The van der Waals surface area contributed by atoms with Crippen molar-refractivity contribution in [1.29, 1.82) is 0 Å². The van der Waals surface area contributed by atoms with Gasteiger partial charge in [-0.3, -0.25) is 19.8 Å². The standard InChI is InChI=1S/C13H23N3O3/c1-2-6-10-11(17)9-12(18)15-16(10)13(19)7-4-3-5-8-14/h10H,2-9,14H2,1H3,(H,15,18)/t10-/m0/s1. The van der Waals surface area contributed by atoms with E-state index < -0.39 is 11.9 Å². The number of unbranched alkanes of at least 4 members (excludes halogenated alkanes) is 2. The fraction of sp³-hybridized carbons (Fsp3) is 0.769. The number of hydrogen-bond acceptors (Lipinski definition) is 4. The molecule has 2 amide bonds. The summed E-state index contributed by atoms with van der Waals surface area (Å²) in [4.78, 5) is 35.3. The molecule has 19 heavy (non-hydrogen) atoms. The molecular weight excluding hydrogens is 246 g/mol. The molecule has 1 atom stereocenters. The number of amides is 2. The van der Waals surface area contributed by atoms with E-state index in [0.29, 0.717) is 19.4 Å². The van der Waals surface area contributed by atoms with Crippen LogP contribution in [0.2, 0.25) is 0 Å². The van der Waals surface area contributed by atoms with E-state index in [1.165, 1.54) is 5.01 Å². The Bertz CT molecular complexity index is 344. The Labute approximate surface area is 113 Å². The van der Waals surface area contributed by atoms with Crippen molar-refractivity contribution in [3.05, 3.63) is 0 Å². The van der Waals surface area contributed by atoms with Gasteiger partial charge in [0.1, 0.15) is 6.04 Å². The monoisotopic (exact) mass is 269 g/mol. The topological polar surface area (TPSA) is 92.5 Å².